The van der Waals surface area contributed by atoms with E-state index in [-0.39, 0.29) is 0 Å². The van der Waals surface area contributed by atoms with Gasteiger partial charge in [-0.05, 0) is 13.0 Å². The lowest BCUT2D eigenvalue weighted by atomic mass is 10.3. The van der Waals surface area contributed by atoms with E-state index in [0.717, 1.165) is 40.5 Å². The number of aryl methyl sites for hydroxylation is 2. The summed E-state index contributed by atoms with van der Waals surface area (Å²) in [5.74, 6) is 1.55. The molecule has 0 aromatic carbocycles. The fourth-order valence-electron chi connectivity index (χ4n) is 2.13. The molecule has 0 amide bonds. The molecule has 0 saturated heterocycles. The zero-order valence-electron chi connectivity index (χ0n) is 10.5. The molecule has 0 spiro atoms. The van der Waals surface area contributed by atoms with E-state index in [1.54, 1.807) is 23.7 Å². The van der Waals surface area contributed by atoms with Crippen LogP contribution < -0.4 is 0 Å². The number of imidazole rings is 1. The molecule has 0 N–H and O–H groups in total. The minimum absolute atomic E-state index is 0.562. The first kappa shape index (κ1) is 12.6. The third-order valence-corrected chi connectivity index (χ3v) is 3.95. The van der Waals surface area contributed by atoms with E-state index in [1.165, 1.54) is 0 Å². The van der Waals surface area contributed by atoms with E-state index >= 15 is 0 Å². The Morgan fingerprint density at radius 1 is 1.37 bits per heavy atom. The smallest absolute Gasteiger partial charge is 0.111 e. The summed E-state index contributed by atoms with van der Waals surface area (Å²) in [6, 6.07) is 1.99. The van der Waals surface area contributed by atoms with Gasteiger partial charge in [-0.15, -0.1) is 22.9 Å². The monoisotopic (exact) mass is 292 g/mol. The van der Waals surface area contributed by atoms with Crippen LogP contribution in [0.3, 0.4) is 0 Å². The van der Waals surface area contributed by atoms with Crippen LogP contribution in [0.5, 0.6) is 0 Å². The van der Waals surface area contributed by atoms with Crippen molar-refractivity contribution < 1.29 is 0 Å². The van der Waals surface area contributed by atoms with Crippen LogP contribution in [0.4, 0.5) is 0 Å². The number of fused-ring (bicyclic) bond motifs is 1. The first-order chi connectivity index (χ1) is 9.28. The number of halogens is 1. The molecule has 98 valence electrons. The molecule has 0 aliphatic rings. The highest BCUT2D eigenvalue weighted by molar-refractivity contribution is 7.09. The summed E-state index contributed by atoms with van der Waals surface area (Å²) in [7, 11) is 0. The molecule has 0 unspecified atom stereocenters. The van der Waals surface area contributed by atoms with Crippen molar-refractivity contribution in [3.05, 3.63) is 40.4 Å². The van der Waals surface area contributed by atoms with Crippen LogP contribution in [0, 0.1) is 6.92 Å². The quantitative estimate of drug-likeness (QED) is 0.694. The van der Waals surface area contributed by atoms with Crippen molar-refractivity contribution in [2.45, 2.75) is 19.9 Å². The van der Waals surface area contributed by atoms with Gasteiger partial charge in [0.05, 0.1) is 29.0 Å². The molecule has 4 nitrogen and oxygen atoms in total. The average molecular weight is 293 g/mol. The first-order valence-electron chi connectivity index (χ1n) is 6.04. The topological polar surface area (TPSA) is 43.6 Å². The Kier molecular flexibility index (Phi) is 3.48. The normalized spacial score (nSPS) is 11.3. The number of thiazole rings is 1. The van der Waals surface area contributed by atoms with E-state index in [1.807, 2.05) is 13.0 Å². The predicted molar refractivity (Wildman–Crippen MR) is 77.9 cm³/mol. The zero-order valence-corrected chi connectivity index (χ0v) is 12.1. The molecule has 0 aliphatic carbocycles. The molecule has 3 aromatic rings. The summed E-state index contributed by atoms with van der Waals surface area (Å²) < 4.78 is 2.17. The van der Waals surface area contributed by atoms with Crippen molar-refractivity contribution in [3.63, 3.8) is 0 Å². The molecule has 19 heavy (non-hydrogen) atoms. The van der Waals surface area contributed by atoms with Crippen LogP contribution in [-0.2, 0) is 13.0 Å². The minimum Gasteiger partial charge on any atom is -0.322 e. The number of hydrogen-bond donors (Lipinski definition) is 0. The van der Waals surface area contributed by atoms with Gasteiger partial charge in [0.1, 0.15) is 11.3 Å². The highest BCUT2D eigenvalue weighted by atomic mass is 35.5. The zero-order chi connectivity index (χ0) is 13.2. The van der Waals surface area contributed by atoms with E-state index < -0.39 is 0 Å². The summed E-state index contributed by atoms with van der Waals surface area (Å²) >= 11 is 7.53. The van der Waals surface area contributed by atoms with Crippen LogP contribution in [0.15, 0.2) is 23.8 Å². The largest absolute Gasteiger partial charge is 0.322 e. The number of aromatic nitrogens is 4. The fourth-order valence-corrected chi connectivity index (χ4v) is 2.90. The van der Waals surface area contributed by atoms with Gasteiger partial charge in [-0.1, -0.05) is 0 Å². The summed E-state index contributed by atoms with van der Waals surface area (Å²) in [4.78, 5) is 13.2. The minimum atomic E-state index is 0.562. The Balaban J connectivity index is 2.06. The lowest BCUT2D eigenvalue weighted by Crippen LogP contribution is -2.06. The number of hydrogen-bond acceptors (Lipinski definition) is 4. The van der Waals surface area contributed by atoms with Gasteiger partial charge in [-0.3, -0.25) is 4.98 Å². The van der Waals surface area contributed by atoms with Crippen LogP contribution in [0.2, 0.25) is 0 Å². The van der Waals surface area contributed by atoms with E-state index in [0.29, 0.717) is 5.88 Å². The standard InChI is InChI=1S/C13H13ClN4S/c1-9-16-10(8-19-9)7-18-12-3-5-15-6-11(12)17-13(18)2-4-14/h3,5-6,8H,2,4,7H2,1H3. The molecule has 0 atom stereocenters. The highest BCUT2D eigenvalue weighted by Gasteiger charge is 2.11. The maximum Gasteiger partial charge on any atom is 0.111 e. The second kappa shape index (κ2) is 5.27. The number of pyridine rings is 1. The van der Waals surface area contributed by atoms with E-state index in [2.05, 4.69) is 24.9 Å². The Hall–Kier alpha value is -1.46. The van der Waals surface area contributed by atoms with Gasteiger partial charge in [0.2, 0.25) is 0 Å². The molecule has 0 bridgehead atoms. The fraction of sp³-hybridized carbons (Fsp3) is 0.308. The predicted octanol–water partition coefficient (Wildman–Crippen LogP) is 3.03. The van der Waals surface area contributed by atoms with Crippen molar-refractivity contribution in [2.24, 2.45) is 0 Å². The Morgan fingerprint density at radius 2 is 2.26 bits per heavy atom. The molecule has 0 saturated carbocycles. The van der Waals surface area contributed by atoms with Gasteiger partial charge < -0.3 is 4.57 Å². The van der Waals surface area contributed by atoms with Crippen LogP contribution >= 0.6 is 22.9 Å². The molecule has 6 heteroatoms. The van der Waals surface area contributed by atoms with Crippen LogP contribution in [0.25, 0.3) is 11.0 Å². The van der Waals surface area contributed by atoms with Crippen molar-refractivity contribution in [1.29, 1.82) is 0 Å². The summed E-state index contributed by atoms with van der Waals surface area (Å²) in [5.41, 5.74) is 3.06. The molecule has 3 rings (SSSR count). The first-order valence-corrected chi connectivity index (χ1v) is 7.45. The third-order valence-electron chi connectivity index (χ3n) is 2.93. The SMILES string of the molecule is Cc1nc(Cn2c(CCCl)nc3cnccc32)cs1. The second-order valence-electron chi connectivity index (χ2n) is 4.28. The summed E-state index contributed by atoms with van der Waals surface area (Å²) in [6.07, 6.45) is 4.33. The van der Waals surface area contributed by atoms with Crippen LogP contribution in [0.1, 0.15) is 16.5 Å². The molecule has 0 fully saturated rings. The molecule has 3 aromatic heterocycles. The lowest BCUT2D eigenvalue weighted by Gasteiger charge is -2.06. The van der Waals surface area contributed by atoms with Gasteiger partial charge in [0, 0.05) is 23.9 Å². The van der Waals surface area contributed by atoms with E-state index in [9.17, 15) is 0 Å². The summed E-state index contributed by atoms with van der Waals surface area (Å²) in [6.45, 7) is 2.75. The molecular weight excluding hydrogens is 280 g/mol. The third kappa shape index (κ3) is 2.48. The second-order valence-corrected chi connectivity index (χ2v) is 5.72. The molecule has 3 heterocycles. The molecular formula is C13H13ClN4S. The number of rotatable bonds is 4. The van der Waals surface area contributed by atoms with Gasteiger partial charge in [0.15, 0.2) is 0 Å². The van der Waals surface area contributed by atoms with Gasteiger partial charge >= 0.3 is 0 Å². The Labute approximate surface area is 120 Å². The Bertz CT molecular complexity index is 704. The van der Waals surface area contributed by atoms with Crippen molar-refractivity contribution in [2.75, 3.05) is 5.88 Å². The van der Waals surface area contributed by atoms with Gasteiger partial charge in [-0.2, -0.15) is 0 Å². The Morgan fingerprint density at radius 3 is 3.00 bits per heavy atom. The lowest BCUT2D eigenvalue weighted by molar-refractivity contribution is 0.740. The number of nitrogens with zero attached hydrogens (tertiary/aromatic N) is 4. The number of alkyl halides is 1. The summed E-state index contributed by atoms with van der Waals surface area (Å²) in [5, 5.41) is 3.17. The van der Waals surface area contributed by atoms with Gasteiger partial charge in [-0.25, -0.2) is 9.97 Å². The van der Waals surface area contributed by atoms with Crippen LogP contribution in [-0.4, -0.2) is 25.4 Å². The average Bonchev–Trinajstić information content (AvgIpc) is 2.96. The van der Waals surface area contributed by atoms with Gasteiger partial charge in [0.25, 0.3) is 0 Å². The van der Waals surface area contributed by atoms with E-state index in [4.69, 9.17) is 11.6 Å². The molecule has 0 aliphatic heterocycles. The highest BCUT2D eigenvalue weighted by Crippen LogP contribution is 2.18. The maximum absolute atomic E-state index is 5.86. The maximum atomic E-state index is 5.86. The van der Waals surface area contributed by atoms with Crippen molar-refractivity contribution in [3.8, 4) is 0 Å². The molecule has 0 radical (unpaired) electrons. The van der Waals surface area contributed by atoms with Crippen molar-refractivity contribution in [1.82, 2.24) is 19.5 Å². The van der Waals surface area contributed by atoms with Crippen molar-refractivity contribution >= 4 is 34.0 Å².